The highest BCUT2D eigenvalue weighted by Crippen LogP contribution is 2.29. The molecule has 0 aliphatic rings. The maximum atomic E-state index is 12.8. The van der Waals surface area contributed by atoms with Gasteiger partial charge in [0.1, 0.15) is 12.4 Å². The van der Waals surface area contributed by atoms with Crippen LogP contribution in [0.2, 0.25) is 0 Å². The smallest absolute Gasteiger partial charge is 0.416 e. The molecule has 0 unspecified atom stereocenters. The van der Waals surface area contributed by atoms with Gasteiger partial charge in [0.2, 0.25) is 0 Å². The number of nitrogens with zero attached hydrogens (tertiary/aromatic N) is 1. The number of halogens is 3. The first kappa shape index (κ1) is 21.0. The van der Waals surface area contributed by atoms with Crippen LogP contribution < -0.4 is 4.74 Å². The third-order valence-electron chi connectivity index (χ3n) is 4.13. The molecule has 0 amide bonds. The van der Waals surface area contributed by atoms with E-state index in [0.29, 0.717) is 5.56 Å². The van der Waals surface area contributed by atoms with Crippen LogP contribution in [0.3, 0.4) is 0 Å². The predicted molar refractivity (Wildman–Crippen MR) is 109 cm³/mol. The Morgan fingerprint density at radius 1 is 0.900 bits per heavy atom. The molecule has 3 aromatic rings. The number of ether oxygens (including phenoxy) is 1. The summed E-state index contributed by atoms with van der Waals surface area (Å²) in [6, 6.07) is 21.1. The number of hydrogen-bond donors (Lipinski definition) is 0. The van der Waals surface area contributed by atoms with Crippen LogP contribution >= 0.6 is 0 Å². The molecule has 0 saturated carbocycles. The molecule has 30 heavy (non-hydrogen) atoms. The highest BCUT2D eigenvalue weighted by atomic mass is 19.4. The Bertz CT molecular complexity index is 1050. The van der Waals surface area contributed by atoms with E-state index in [1.165, 1.54) is 12.1 Å². The first-order valence-corrected chi connectivity index (χ1v) is 9.03. The molecule has 0 radical (unpaired) electrons. The standard InChI is InChI=1S/C24H18F3NO2/c1-29-22-14-7-19(8-15-22)17-30-28-23(16-9-18-5-3-2-4-6-18)20-10-12-21(13-11-20)24(25,26)27/h2-8,10-15H,17H2,1H3/b28-23+. The van der Waals surface area contributed by atoms with Crippen LogP contribution in [0.5, 0.6) is 5.75 Å². The van der Waals surface area contributed by atoms with E-state index in [9.17, 15) is 13.2 Å². The zero-order valence-corrected chi connectivity index (χ0v) is 16.1. The maximum Gasteiger partial charge on any atom is 0.416 e. The summed E-state index contributed by atoms with van der Waals surface area (Å²) in [5.41, 5.74) is 1.55. The van der Waals surface area contributed by atoms with Gasteiger partial charge in [-0.3, -0.25) is 0 Å². The fraction of sp³-hybridized carbons (Fsp3) is 0.125. The lowest BCUT2D eigenvalue weighted by molar-refractivity contribution is -0.137. The fourth-order valence-corrected chi connectivity index (χ4v) is 2.51. The number of methoxy groups -OCH3 is 1. The van der Waals surface area contributed by atoms with Crippen LogP contribution in [0.15, 0.2) is 84.0 Å². The lowest BCUT2D eigenvalue weighted by Gasteiger charge is -2.07. The van der Waals surface area contributed by atoms with Crippen molar-refractivity contribution in [2.75, 3.05) is 7.11 Å². The van der Waals surface area contributed by atoms with Crippen molar-refractivity contribution in [2.45, 2.75) is 12.8 Å². The topological polar surface area (TPSA) is 30.8 Å². The van der Waals surface area contributed by atoms with Crippen molar-refractivity contribution in [1.29, 1.82) is 0 Å². The lowest BCUT2D eigenvalue weighted by Crippen LogP contribution is -2.06. The highest BCUT2D eigenvalue weighted by molar-refractivity contribution is 6.13. The molecule has 0 aromatic heterocycles. The minimum absolute atomic E-state index is 0.182. The van der Waals surface area contributed by atoms with Gasteiger partial charge in [-0.2, -0.15) is 13.2 Å². The van der Waals surface area contributed by atoms with E-state index >= 15 is 0 Å². The number of hydrogen-bond acceptors (Lipinski definition) is 3. The van der Waals surface area contributed by atoms with Crippen molar-refractivity contribution in [3.8, 4) is 17.6 Å². The van der Waals surface area contributed by atoms with E-state index in [1.54, 1.807) is 19.2 Å². The molecule has 0 N–H and O–H groups in total. The largest absolute Gasteiger partial charge is 0.497 e. The van der Waals surface area contributed by atoms with Crippen molar-refractivity contribution in [1.82, 2.24) is 0 Å². The Morgan fingerprint density at radius 3 is 2.17 bits per heavy atom. The molecule has 0 aliphatic carbocycles. The molecule has 3 nitrogen and oxygen atoms in total. The maximum absolute atomic E-state index is 12.8. The zero-order valence-electron chi connectivity index (χ0n) is 16.1. The molecule has 0 heterocycles. The molecule has 0 spiro atoms. The van der Waals surface area contributed by atoms with Gasteiger partial charge in [-0.05, 0) is 47.9 Å². The summed E-state index contributed by atoms with van der Waals surface area (Å²) in [4.78, 5) is 5.42. The molecule has 3 rings (SSSR count). The monoisotopic (exact) mass is 409 g/mol. The average molecular weight is 409 g/mol. The quantitative estimate of drug-likeness (QED) is 0.308. The van der Waals surface area contributed by atoms with Gasteiger partial charge in [-0.15, -0.1) is 0 Å². The SMILES string of the molecule is COc1ccc(CO/N=C(\C#Cc2ccccc2)c2ccc(C(F)(F)F)cc2)cc1. The summed E-state index contributed by atoms with van der Waals surface area (Å²) in [5, 5.41) is 4.07. The molecule has 0 fully saturated rings. The summed E-state index contributed by atoms with van der Waals surface area (Å²) in [6.07, 6.45) is -4.41. The molecule has 0 aliphatic heterocycles. The van der Waals surface area contributed by atoms with E-state index < -0.39 is 11.7 Å². The summed E-state index contributed by atoms with van der Waals surface area (Å²) < 4.78 is 43.6. The predicted octanol–water partition coefficient (Wildman–Crippen LogP) is 5.69. The van der Waals surface area contributed by atoms with Crippen LogP contribution in [-0.2, 0) is 17.6 Å². The Balaban J connectivity index is 1.83. The van der Waals surface area contributed by atoms with Crippen LogP contribution in [0.1, 0.15) is 22.3 Å². The second kappa shape index (κ2) is 9.66. The third-order valence-corrected chi connectivity index (χ3v) is 4.13. The van der Waals surface area contributed by atoms with Gasteiger partial charge in [0.05, 0.1) is 12.7 Å². The van der Waals surface area contributed by atoms with Crippen LogP contribution in [0.4, 0.5) is 13.2 Å². The number of alkyl halides is 3. The van der Waals surface area contributed by atoms with Gasteiger partial charge >= 0.3 is 6.18 Å². The van der Waals surface area contributed by atoms with E-state index in [0.717, 1.165) is 29.0 Å². The molecular formula is C24H18F3NO2. The number of rotatable bonds is 5. The summed E-state index contributed by atoms with van der Waals surface area (Å²) in [5.74, 6) is 6.56. The molecule has 0 bridgehead atoms. The van der Waals surface area contributed by atoms with E-state index in [1.807, 2.05) is 42.5 Å². The molecule has 3 aromatic carbocycles. The van der Waals surface area contributed by atoms with Gasteiger partial charge < -0.3 is 9.57 Å². The highest BCUT2D eigenvalue weighted by Gasteiger charge is 2.30. The summed E-state index contributed by atoms with van der Waals surface area (Å²) >= 11 is 0. The molecule has 6 heteroatoms. The Hall–Kier alpha value is -3.72. The average Bonchev–Trinajstić information content (AvgIpc) is 2.77. The third kappa shape index (κ3) is 5.89. The first-order chi connectivity index (χ1) is 14.5. The Labute approximate surface area is 172 Å². The fourth-order valence-electron chi connectivity index (χ4n) is 2.51. The molecule has 0 atom stereocenters. The van der Waals surface area contributed by atoms with E-state index in [2.05, 4.69) is 17.0 Å². The lowest BCUT2D eigenvalue weighted by atomic mass is 10.1. The van der Waals surface area contributed by atoms with Gasteiger partial charge in [-0.25, -0.2) is 0 Å². The summed E-state index contributed by atoms with van der Waals surface area (Å²) in [6.45, 7) is 0.182. The van der Waals surface area contributed by atoms with Crippen molar-refractivity contribution in [3.63, 3.8) is 0 Å². The van der Waals surface area contributed by atoms with Gasteiger partial charge in [0, 0.05) is 11.1 Å². The Morgan fingerprint density at radius 2 is 1.57 bits per heavy atom. The van der Waals surface area contributed by atoms with E-state index in [4.69, 9.17) is 9.57 Å². The van der Waals surface area contributed by atoms with Crippen molar-refractivity contribution in [3.05, 3.63) is 101 Å². The van der Waals surface area contributed by atoms with Gasteiger partial charge in [0.15, 0.2) is 5.71 Å². The minimum Gasteiger partial charge on any atom is -0.497 e. The van der Waals surface area contributed by atoms with Crippen LogP contribution in [0, 0.1) is 11.8 Å². The number of oxime groups is 1. The molecular weight excluding hydrogens is 391 g/mol. The second-order valence-electron chi connectivity index (χ2n) is 6.25. The zero-order chi connectivity index (χ0) is 21.4. The summed E-state index contributed by atoms with van der Waals surface area (Å²) in [7, 11) is 1.58. The van der Waals surface area contributed by atoms with Crippen LogP contribution in [0.25, 0.3) is 0 Å². The molecule has 152 valence electrons. The molecule has 0 saturated heterocycles. The normalized spacial score (nSPS) is 11.4. The number of benzene rings is 3. The van der Waals surface area contributed by atoms with Crippen LogP contribution in [-0.4, -0.2) is 12.8 Å². The Kier molecular flexibility index (Phi) is 6.76. The first-order valence-electron chi connectivity index (χ1n) is 9.03. The second-order valence-corrected chi connectivity index (χ2v) is 6.25. The van der Waals surface area contributed by atoms with E-state index in [-0.39, 0.29) is 12.3 Å². The van der Waals surface area contributed by atoms with Gasteiger partial charge in [-0.1, -0.05) is 53.5 Å². The van der Waals surface area contributed by atoms with Crippen molar-refractivity contribution in [2.24, 2.45) is 5.16 Å². The van der Waals surface area contributed by atoms with Crippen molar-refractivity contribution >= 4 is 5.71 Å². The van der Waals surface area contributed by atoms with Crippen molar-refractivity contribution < 1.29 is 22.7 Å². The van der Waals surface area contributed by atoms with Gasteiger partial charge in [0.25, 0.3) is 0 Å². The minimum atomic E-state index is -4.41.